The van der Waals surface area contributed by atoms with E-state index in [9.17, 15) is 4.79 Å². The first-order valence-corrected chi connectivity index (χ1v) is 6.72. The summed E-state index contributed by atoms with van der Waals surface area (Å²) in [5.74, 6) is 0.0813. The number of carbonyl (C=O) groups is 1. The van der Waals surface area contributed by atoms with Crippen LogP contribution in [-0.2, 0) is 18.3 Å². The van der Waals surface area contributed by atoms with Crippen LogP contribution in [-0.4, -0.2) is 34.8 Å². The Kier molecular flexibility index (Phi) is 4.75. The number of hydrogen-bond donors (Lipinski definition) is 2. The second-order valence-electron chi connectivity index (χ2n) is 4.94. The van der Waals surface area contributed by atoms with Gasteiger partial charge >= 0.3 is 0 Å². The SMILES string of the molecule is Cn1ccc(CCNC(=O)CNC2CCCC2)n1. The summed E-state index contributed by atoms with van der Waals surface area (Å²) in [4.78, 5) is 11.6. The van der Waals surface area contributed by atoms with Gasteiger partial charge in [0, 0.05) is 32.3 Å². The van der Waals surface area contributed by atoms with E-state index in [4.69, 9.17) is 0 Å². The first-order valence-electron chi connectivity index (χ1n) is 6.72. The molecule has 1 aromatic heterocycles. The second kappa shape index (κ2) is 6.54. The molecule has 0 radical (unpaired) electrons. The molecule has 0 spiro atoms. The van der Waals surface area contributed by atoms with Crippen LogP contribution in [0.15, 0.2) is 12.3 Å². The number of aryl methyl sites for hydroxylation is 1. The molecule has 1 heterocycles. The van der Waals surface area contributed by atoms with Crippen molar-refractivity contribution in [3.8, 4) is 0 Å². The number of amides is 1. The molecule has 0 aromatic carbocycles. The molecule has 5 nitrogen and oxygen atoms in total. The van der Waals surface area contributed by atoms with Gasteiger partial charge in [0.25, 0.3) is 0 Å². The summed E-state index contributed by atoms with van der Waals surface area (Å²) < 4.78 is 1.78. The summed E-state index contributed by atoms with van der Waals surface area (Å²) >= 11 is 0. The molecule has 0 aliphatic heterocycles. The highest BCUT2D eigenvalue weighted by Crippen LogP contribution is 2.17. The molecule has 5 heteroatoms. The van der Waals surface area contributed by atoms with Crippen molar-refractivity contribution in [1.29, 1.82) is 0 Å². The predicted molar refractivity (Wildman–Crippen MR) is 70.2 cm³/mol. The maximum atomic E-state index is 11.6. The summed E-state index contributed by atoms with van der Waals surface area (Å²) in [5.41, 5.74) is 1.02. The molecule has 1 fully saturated rings. The Balaban J connectivity index is 1.57. The molecule has 0 unspecified atom stereocenters. The van der Waals surface area contributed by atoms with E-state index in [0.717, 1.165) is 12.1 Å². The lowest BCUT2D eigenvalue weighted by molar-refractivity contribution is -0.120. The van der Waals surface area contributed by atoms with Gasteiger partial charge in [-0.1, -0.05) is 12.8 Å². The Bertz CT molecular complexity index is 382. The summed E-state index contributed by atoms with van der Waals surface area (Å²) in [6.45, 7) is 1.09. The lowest BCUT2D eigenvalue weighted by Gasteiger charge is -2.11. The van der Waals surface area contributed by atoms with Gasteiger partial charge in [0.2, 0.25) is 5.91 Å². The van der Waals surface area contributed by atoms with Crippen molar-refractivity contribution in [2.24, 2.45) is 7.05 Å². The smallest absolute Gasteiger partial charge is 0.233 e. The first-order chi connectivity index (χ1) is 8.74. The first kappa shape index (κ1) is 13.1. The molecule has 0 atom stereocenters. The molecule has 0 bridgehead atoms. The van der Waals surface area contributed by atoms with Gasteiger partial charge in [-0.25, -0.2) is 0 Å². The molecule has 1 aromatic rings. The summed E-state index contributed by atoms with van der Waals surface area (Å²) in [6.07, 6.45) is 7.70. The summed E-state index contributed by atoms with van der Waals surface area (Å²) in [6, 6.07) is 2.52. The van der Waals surface area contributed by atoms with Crippen molar-refractivity contribution in [3.05, 3.63) is 18.0 Å². The van der Waals surface area contributed by atoms with Crippen LogP contribution in [0.5, 0.6) is 0 Å². The molecule has 2 N–H and O–H groups in total. The normalized spacial score (nSPS) is 16.1. The minimum atomic E-state index is 0.0813. The Hall–Kier alpha value is -1.36. The van der Waals surface area contributed by atoms with Crippen LogP contribution in [0, 0.1) is 0 Å². The second-order valence-corrected chi connectivity index (χ2v) is 4.94. The van der Waals surface area contributed by atoms with Crippen molar-refractivity contribution in [2.75, 3.05) is 13.1 Å². The zero-order chi connectivity index (χ0) is 12.8. The number of carbonyl (C=O) groups excluding carboxylic acids is 1. The molecule has 1 amide bonds. The Morgan fingerprint density at radius 3 is 2.94 bits per heavy atom. The van der Waals surface area contributed by atoms with Crippen LogP contribution in [0.3, 0.4) is 0 Å². The van der Waals surface area contributed by atoms with E-state index in [1.807, 2.05) is 19.3 Å². The average molecular weight is 250 g/mol. The maximum absolute atomic E-state index is 11.6. The van der Waals surface area contributed by atoms with Crippen molar-refractivity contribution < 1.29 is 4.79 Å². The monoisotopic (exact) mass is 250 g/mol. The highest BCUT2D eigenvalue weighted by Gasteiger charge is 2.14. The zero-order valence-electron chi connectivity index (χ0n) is 11.0. The minimum Gasteiger partial charge on any atom is -0.355 e. The Labute approximate surface area is 108 Å². The van der Waals surface area contributed by atoms with Crippen molar-refractivity contribution in [3.63, 3.8) is 0 Å². The third kappa shape index (κ3) is 4.14. The molecular formula is C13H22N4O. The van der Waals surface area contributed by atoms with Gasteiger partial charge in [0.15, 0.2) is 0 Å². The van der Waals surface area contributed by atoms with Crippen molar-refractivity contribution in [1.82, 2.24) is 20.4 Å². The fourth-order valence-electron chi connectivity index (χ4n) is 2.36. The van der Waals surface area contributed by atoms with Gasteiger partial charge in [-0.05, 0) is 18.9 Å². The van der Waals surface area contributed by atoms with E-state index in [0.29, 0.717) is 19.1 Å². The quantitative estimate of drug-likeness (QED) is 0.778. The van der Waals surface area contributed by atoms with E-state index >= 15 is 0 Å². The minimum absolute atomic E-state index is 0.0813. The molecule has 18 heavy (non-hydrogen) atoms. The molecule has 2 rings (SSSR count). The van der Waals surface area contributed by atoms with E-state index in [2.05, 4.69) is 15.7 Å². The number of nitrogens with one attached hydrogen (secondary N) is 2. The fourth-order valence-corrected chi connectivity index (χ4v) is 2.36. The van der Waals surface area contributed by atoms with Gasteiger partial charge in [-0.3, -0.25) is 9.48 Å². The lowest BCUT2D eigenvalue weighted by atomic mass is 10.2. The van der Waals surface area contributed by atoms with E-state index in [1.165, 1.54) is 25.7 Å². The lowest BCUT2D eigenvalue weighted by Crippen LogP contribution is -2.38. The van der Waals surface area contributed by atoms with Crippen LogP contribution in [0.1, 0.15) is 31.4 Å². The number of rotatable bonds is 6. The highest BCUT2D eigenvalue weighted by atomic mass is 16.1. The largest absolute Gasteiger partial charge is 0.355 e. The van der Waals surface area contributed by atoms with Crippen LogP contribution in [0.2, 0.25) is 0 Å². The summed E-state index contributed by atoms with van der Waals surface area (Å²) in [7, 11) is 1.90. The van der Waals surface area contributed by atoms with Crippen LogP contribution in [0.25, 0.3) is 0 Å². The van der Waals surface area contributed by atoms with Crippen LogP contribution < -0.4 is 10.6 Å². The predicted octanol–water partition coefficient (Wildman–Crippen LogP) is 0.611. The van der Waals surface area contributed by atoms with E-state index in [-0.39, 0.29) is 5.91 Å². The Morgan fingerprint density at radius 1 is 1.50 bits per heavy atom. The van der Waals surface area contributed by atoms with Gasteiger partial charge in [0.1, 0.15) is 0 Å². The molecule has 100 valence electrons. The highest BCUT2D eigenvalue weighted by molar-refractivity contribution is 5.78. The molecule has 0 saturated heterocycles. The molecule has 1 aliphatic carbocycles. The fraction of sp³-hybridized carbons (Fsp3) is 0.692. The summed E-state index contributed by atoms with van der Waals surface area (Å²) in [5, 5.41) is 10.5. The van der Waals surface area contributed by atoms with Crippen molar-refractivity contribution in [2.45, 2.75) is 38.1 Å². The molecule has 1 aliphatic rings. The van der Waals surface area contributed by atoms with Crippen LogP contribution >= 0.6 is 0 Å². The van der Waals surface area contributed by atoms with Gasteiger partial charge < -0.3 is 10.6 Å². The van der Waals surface area contributed by atoms with E-state index in [1.54, 1.807) is 4.68 Å². The molecular weight excluding hydrogens is 228 g/mol. The number of aromatic nitrogens is 2. The van der Waals surface area contributed by atoms with E-state index < -0.39 is 0 Å². The van der Waals surface area contributed by atoms with Crippen LogP contribution in [0.4, 0.5) is 0 Å². The van der Waals surface area contributed by atoms with Gasteiger partial charge in [-0.2, -0.15) is 5.10 Å². The molecule has 1 saturated carbocycles. The van der Waals surface area contributed by atoms with Crippen molar-refractivity contribution >= 4 is 5.91 Å². The maximum Gasteiger partial charge on any atom is 0.233 e. The topological polar surface area (TPSA) is 59.0 Å². The Morgan fingerprint density at radius 2 is 2.28 bits per heavy atom. The number of nitrogens with zero attached hydrogens (tertiary/aromatic N) is 2. The van der Waals surface area contributed by atoms with Gasteiger partial charge in [0.05, 0.1) is 12.2 Å². The zero-order valence-corrected chi connectivity index (χ0v) is 11.0. The number of hydrogen-bond acceptors (Lipinski definition) is 3. The third-order valence-electron chi connectivity index (χ3n) is 3.38. The third-order valence-corrected chi connectivity index (χ3v) is 3.38. The standard InChI is InChI=1S/C13H22N4O/c1-17-9-7-12(16-17)6-8-14-13(18)10-15-11-4-2-3-5-11/h7,9,11,15H,2-6,8,10H2,1H3,(H,14,18). The average Bonchev–Trinajstić information content (AvgIpc) is 2.98. The van der Waals surface area contributed by atoms with Gasteiger partial charge in [-0.15, -0.1) is 0 Å².